The lowest BCUT2D eigenvalue weighted by molar-refractivity contribution is 0.273. The van der Waals surface area contributed by atoms with E-state index in [1.165, 1.54) is 0 Å². The molecule has 0 bridgehead atoms. The first-order valence-corrected chi connectivity index (χ1v) is 5.36. The maximum atomic E-state index is 9.18. The molecule has 78 valence electrons. The van der Waals surface area contributed by atoms with E-state index in [4.69, 9.17) is 4.74 Å². The fourth-order valence-corrected chi connectivity index (χ4v) is 1.99. The van der Waals surface area contributed by atoms with Crippen LogP contribution in [-0.4, -0.2) is 12.2 Å². The van der Waals surface area contributed by atoms with Crippen LogP contribution in [0.3, 0.4) is 0 Å². The Hall–Kier alpha value is -0.540. The van der Waals surface area contributed by atoms with Crippen molar-refractivity contribution in [3.63, 3.8) is 0 Å². The van der Waals surface area contributed by atoms with Crippen LogP contribution in [0.25, 0.3) is 0 Å². The van der Waals surface area contributed by atoms with Crippen LogP contribution in [0, 0.1) is 0 Å². The van der Waals surface area contributed by atoms with Gasteiger partial charge in [0.2, 0.25) is 0 Å². The first-order chi connectivity index (χ1) is 6.60. The minimum absolute atomic E-state index is 0.00231. The van der Waals surface area contributed by atoms with Gasteiger partial charge in [-0.15, -0.1) is 0 Å². The van der Waals surface area contributed by atoms with E-state index in [2.05, 4.69) is 29.8 Å². The van der Waals surface area contributed by atoms with Crippen LogP contribution in [0.2, 0.25) is 0 Å². The zero-order valence-electron chi connectivity index (χ0n) is 8.67. The highest BCUT2D eigenvalue weighted by Crippen LogP contribution is 2.33. The second-order valence-electron chi connectivity index (χ2n) is 3.50. The molecule has 1 rings (SSSR count). The van der Waals surface area contributed by atoms with Crippen molar-refractivity contribution in [2.75, 3.05) is 7.11 Å². The number of aliphatic hydroxyl groups excluding tert-OH is 1. The molecule has 0 aliphatic rings. The normalized spacial score (nSPS) is 10.7. The Morgan fingerprint density at radius 1 is 1.43 bits per heavy atom. The Morgan fingerprint density at radius 3 is 2.50 bits per heavy atom. The van der Waals surface area contributed by atoms with Crippen molar-refractivity contribution < 1.29 is 9.84 Å². The summed E-state index contributed by atoms with van der Waals surface area (Å²) in [5, 5.41) is 9.18. The number of methoxy groups -OCH3 is 1. The second kappa shape index (κ2) is 4.80. The predicted molar refractivity (Wildman–Crippen MR) is 60.7 cm³/mol. The van der Waals surface area contributed by atoms with Crippen LogP contribution in [0.4, 0.5) is 0 Å². The highest BCUT2D eigenvalue weighted by Gasteiger charge is 2.12. The summed E-state index contributed by atoms with van der Waals surface area (Å²) in [7, 11) is 1.63. The number of benzene rings is 1. The maximum absolute atomic E-state index is 9.18. The van der Waals surface area contributed by atoms with Crippen molar-refractivity contribution in [2.45, 2.75) is 26.4 Å². The average Bonchev–Trinajstić information content (AvgIpc) is 2.16. The molecular formula is C11H15BrO2. The van der Waals surface area contributed by atoms with E-state index in [0.29, 0.717) is 5.92 Å². The van der Waals surface area contributed by atoms with Crippen molar-refractivity contribution >= 4 is 15.9 Å². The van der Waals surface area contributed by atoms with Gasteiger partial charge in [-0.25, -0.2) is 0 Å². The molecule has 14 heavy (non-hydrogen) atoms. The van der Waals surface area contributed by atoms with E-state index < -0.39 is 0 Å². The van der Waals surface area contributed by atoms with E-state index in [1.807, 2.05) is 12.1 Å². The van der Waals surface area contributed by atoms with E-state index in [-0.39, 0.29) is 6.61 Å². The van der Waals surface area contributed by atoms with Gasteiger partial charge in [0.1, 0.15) is 5.75 Å². The molecule has 0 spiro atoms. The largest absolute Gasteiger partial charge is 0.496 e. The number of halogens is 1. The standard InChI is InChI=1S/C11H15BrO2/c1-7(2)10-5-9(12)4-8(6-13)11(10)14-3/h4-5,7,13H,6H2,1-3H3. The number of aliphatic hydroxyl groups is 1. The lowest BCUT2D eigenvalue weighted by Crippen LogP contribution is -1.99. The molecule has 0 radical (unpaired) electrons. The van der Waals surface area contributed by atoms with Crippen LogP contribution in [-0.2, 0) is 6.61 Å². The summed E-state index contributed by atoms with van der Waals surface area (Å²) in [5.41, 5.74) is 1.94. The van der Waals surface area contributed by atoms with Crippen molar-refractivity contribution in [1.29, 1.82) is 0 Å². The number of ether oxygens (including phenoxy) is 1. The van der Waals surface area contributed by atoms with Crippen LogP contribution in [0.1, 0.15) is 30.9 Å². The second-order valence-corrected chi connectivity index (χ2v) is 4.42. The van der Waals surface area contributed by atoms with Gasteiger partial charge >= 0.3 is 0 Å². The third kappa shape index (κ3) is 2.28. The molecular weight excluding hydrogens is 244 g/mol. The molecule has 3 heteroatoms. The maximum Gasteiger partial charge on any atom is 0.127 e. The van der Waals surface area contributed by atoms with Gasteiger partial charge in [-0.3, -0.25) is 0 Å². The average molecular weight is 259 g/mol. The SMILES string of the molecule is COc1c(CO)cc(Br)cc1C(C)C. The fraction of sp³-hybridized carbons (Fsp3) is 0.455. The summed E-state index contributed by atoms with van der Waals surface area (Å²) in [5.74, 6) is 1.18. The van der Waals surface area contributed by atoms with Crippen molar-refractivity contribution in [3.05, 3.63) is 27.7 Å². The highest BCUT2D eigenvalue weighted by molar-refractivity contribution is 9.10. The van der Waals surface area contributed by atoms with E-state index in [1.54, 1.807) is 7.11 Å². The monoisotopic (exact) mass is 258 g/mol. The summed E-state index contributed by atoms with van der Waals surface area (Å²) in [6, 6.07) is 3.91. The van der Waals surface area contributed by atoms with Gasteiger partial charge in [-0.1, -0.05) is 29.8 Å². The summed E-state index contributed by atoms with van der Waals surface area (Å²) in [4.78, 5) is 0. The molecule has 1 aromatic rings. The lowest BCUT2D eigenvalue weighted by atomic mass is 9.99. The van der Waals surface area contributed by atoms with Gasteiger partial charge < -0.3 is 9.84 Å². The third-order valence-corrected chi connectivity index (χ3v) is 2.61. The van der Waals surface area contributed by atoms with Gasteiger partial charge in [-0.05, 0) is 23.6 Å². The molecule has 0 saturated carbocycles. The smallest absolute Gasteiger partial charge is 0.127 e. The molecule has 0 aromatic heterocycles. The van der Waals surface area contributed by atoms with Gasteiger partial charge in [0.05, 0.1) is 13.7 Å². The Morgan fingerprint density at radius 2 is 2.07 bits per heavy atom. The number of hydrogen-bond donors (Lipinski definition) is 1. The topological polar surface area (TPSA) is 29.5 Å². The molecule has 0 amide bonds. The minimum atomic E-state index is 0.00231. The quantitative estimate of drug-likeness (QED) is 0.903. The first kappa shape index (κ1) is 11.5. The van der Waals surface area contributed by atoms with Crippen LogP contribution in [0.5, 0.6) is 5.75 Å². The molecule has 0 aliphatic heterocycles. The molecule has 0 saturated heterocycles. The zero-order valence-corrected chi connectivity index (χ0v) is 10.3. The van der Waals surface area contributed by atoms with Crippen LogP contribution in [0.15, 0.2) is 16.6 Å². The molecule has 0 unspecified atom stereocenters. The van der Waals surface area contributed by atoms with Crippen molar-refractivity contribution in [3.8, 4) is 5.75 Å². The fourth-order valence-electron chi connectivity index (χ4n) is 1.47. The van der Waals surface area contributed by atoms with Gasteiger partial charge in [0.25, 0.3) is 0 Å². The van der Waals surface area contributed by atoms with Gasteiger partial charge in [0, 0.05) is 10.0 Å². The van der Waals surface area contributed by atoms with Crippen LogP contribution < -0.4 is 4.74 Å². The first-order valence-electron chi connectivity index (χ1n) is 4.57. The van der Waals surface area contributed by atoms with Gasteiger partial charge in [-0.2, -0.15) is 0 Å². The van der Waals surface area contributed by atoms with Crippen molar-refractivity contribution in [2.24, 2.45) is 0 Å². The predicted octanol–water partition coefficient (Wildman–Crippen LogP) is 3.07. The van der Waals surface area contributed by atoms with Crippen LogP contribution >= 0.6 is 15.9 Å². The molecule has 0 aliphatic carbocycles. The Bertz CT molecular complexity index is 321. The molecule has 0 atom stereocenters. The zero-order chi connectivity index (χ0) is 10.7. The van der Waals surface area contributed by atoms with Gasteiger partial charge in [0.15, 0.2) is 0 Å². The summed E-state index contributed by atoms with van der Waals surface area (Å²) in [6.45, 7) is 4.21. The Labute approximate surface area is 93.0 Å². The van der Waals surface area contributed by atoms with Crippen molar-refractivity contribution in [1.82, 2.24) is 0 Å². The Kier molecular flexibility index (Phi) is 3.96. The molecule has 0 fully saturated rings. The number of hydrogen-bond acceptors (Lipinski definition) is 2. The summed E-state index contributed by atoms with van der Waals surface area (Å²) < 4.78 is 6.28. The lowest BCUT2D eigenvalue weighted by Gasteiger charge is -2.15. The van der Waals surface area contributed by atoms with E-state index >= 15 is 0 Å². The number of rotatable bonds is 3. The highest BCUT2D eigenvalue weighted by atomic mass is 79.9. The summed E-state index contributed by atoms with van der Waals surface area (Å²) >= 11 is 3.42. The minimum Gasteiger partial charge on any atom is -0.496 e. The Balaban J connectivity index is 3.31. The molecule has 0 heterocycles. The molecule has 1 aromatic carbocycles. The molecule has 1 N–H and O–H groups in total. The summed E-state index contributed by atoms with van der Waals surface area (Å²) in [6.07, 6.45) is 0. The van der Waals surface area contributed by atoms with E-state index in [9.17, 15) is 5.11 Å². The van der Waals surface area contributed by atoms with E-state index in [0.717, 1.165) is 21.3 Å². The third-order valence-electron chi connectivity index (χ3n) is 2.16. The molecule has 2 nitrogen and oxygen atoms in total.